The predicted molar refractivity (Wildman–Crippen MR) is 76.5 cm³/mol. The van der Waals surface area contributed by atoms with Gasteiger partial charge in [-0.3, -0.25) is 4.79 Å². The van der Waals surface area contributed by atoms with Gasteiger partial charge >= 0.3 is 0 Å². The largest absolute Gasteiger partial charge is 0.353 e. The minimum Gasteiger partial charge on any atom is -0.353 e. The van der Waals surface area contributed by atoms with Crippen molar-refractivity contribution in [1.29, 1.82) is 0 Å². The van der Waals surface area contributed by atoms with Crippen LogP contribution in [0.15, 0.2) is 0 Å². The van der Waals surface area contributed by atoms with Crippen LogP contribution in [0, 0.1) is 11.8 Å². The zero-order valence-corrected chi connectivity index (χ0v) is 12.7. The van der Waals surface area contributed by atoms with E-state index in [4.69, 9.17) is 0 Å². The maximum atomic E-state index is 11.9. The van der Waals surface area contributed by atoms with E-state index >= 15 is 0 Å². The second kappa shape index (κ2) is 6.55. The molecule has 0 aromatic heterocycles. The molecule has 0 bridgehead atoms. The first-order valence-corrected chi connectivity index (χ1v) is 7.32. The highest BCUT2D eigenvalue weighted by molar-refractivity contribution is 5.76. The van der Waals surface area contributed by atoms with Gasteiger partial charge in [0.05, 0.1) is 0 Å². The molecular weight excluding hydrogens is 224 g/mol. The number of rotatable bonds is 4. The molecule has 18 heavy (non-hydrogen) atoms. The maximum Gasteiger partial charge on any atom is 0.221 e. The highest BCUT2D eigenvalue weighted by atomic mass is 16.1. The van der Waals surface area contributed by atoms with E-state index in [1.165, 1.54) is 12.8 Å². The molecule has 1 aliphatic rings. The third-order valence-corrected chi connectivity index (χ3v) is 3.79. The summed E-state index contributed by atoms with van der Waals surface area (Å²) < 4.78 is 0. The van der Waals surface area contributed by atoms with Gasteiger partial charge in [0.2, 0.25) is 5.91 Å². The first-order valence-electron chi connectivity index (χ1n) is 7.32. The van der Waals surface area contributed by atoms with Crippen molar-refractivity contribution in [2.24, 2.45) is 11.8 Å². The first-order chi connectivity index (χ1) is 8.28. The van der Waals surface area contributed by atoms with Crippen LogP contribution < -0.4 is 10.6 Å². The predicted octanol–water partition coefficient (Wildman–Crippen LogP) is 2.71. The lowest BCUT2D eigenvalue weighted by molar-refractivity contribution is -0.122. The SMILES string of the molecule is CC1CCC(NC(=O)CCNC(C)(C)C)C(C)C1. The average Bonchev–Trinajstić information content (AvgIpc) is 2.20. The Morgan fingerprint density at radius 1 is 1.22 bits per heavy atom. The summed E-state index contributed by atoms with van der Waals surface area (Å²) >= 11 is 0. The van der Waals surface area contributed by atoms with Crippen LogP contribution >= 0.6 is 0 Å². The molecule has 1 saturated carbocycles. The van der Waals surface area contributed by atoms with Crippen LogP contribution in [0.2, 0.25) is 0 Å². The average molecular weight is 254 g/mol. The van der Waals surface area contributed by atoms with Crippen molar-refractivity contribution in [2.75, 3.05) is 6.54 Å². The lowest BCUT2D eigenvalue weighted by atomic mass is 9.80. The molecule has 3 nitrogen and oxygen atoms in total. The topological polar surface area (TPSA) is 41.1 Å². The molecule has 1 fully saturated rings. The Labute approximate surface area is 112 Å². The van der Waals surface area contributed by atoms with Gasteiger partial charge in [0.1, 0.15) is 0 Å². The van der Waals surface area contributed by atoms with E-state index in [2.05, 4.69) is 45.3 Å². The van der Waals surface area contributed by atoms with Crippen LogP contribution in [-0.4, -0.2) is 24.0 Å². The highest BCUT2D eigenvalue weighted by Crippen LogP contribution is 2.28. The molecule has 3 heteroatoms. The standard InChI is InChI=1S/C15H30N2O/c1-11-6-7-13(12(2)10-11)17-14(18)8-9-16-15(3,4)5/h11-13,16H,6-10H2,1-5H3,(H,17,18). The third kappa shape index (κ3) is 5.85. The van der Waals surface area contributed by atoms with Crippen molar-refractivity contribution in [3.05, 3.63) is 0 Å². The smallest absolute Gasteiger partial charge is 0.221 e. The molecule has 106 valence electrons. The second-order valence-corrected chi connectivity index (χ2v) is 7.00. The summed E-state index contributed by atoms with van der Waals surface area (Å²) in [5.74, 6) is 1.63. The monoisotopic (exact) mass is 254 g/mol. The van der Waals surface area contributed by atoms with E-state index in [0.29, 0.717) is 18.4 Å². The Bertz CT molecular complexity index is 270. The minimum absolute atomic E-state index is 0.0911. The molecule has 0 spiro atoms. The van der Waals surface area contributed by atoms with Crippen molar-refractivity contribution >= 4 is 5.91 Å². The minimum atomic E-state index is 0.0911. The van der Waals surface area contributed by atoms with Crippen LogP contribution in [-0.2, 0) is 4.79 Å². The normalized spacial score (nSPS) is 29.1. The summed E-state index contributed by atoms with van der Waals surface area (Å²) in [6, 6.07) is 0.392. The van der Waals surface area contributed by atoms with Crippen LogP contribution in [0.5, 0.6) is 0 Å². The van der Waals surface area contributed by atoms with Gasteiger partial charge in [-0.25, -0.2) is 0 Å². The Morgan fingerprint density at radius 2 is 1.89 bits per heavy atom. The van der Waals surface area contributed by atoms with E-state index in [0.717, 1.165) is 18.9 Å². The van der Waals surface area contributed by atoms with Crippen molar-refractivity contribution in [1.82, 2.24) is 10.6 Å². The van der Waals surface area contributed by atoms with Crippen LogP contribution in [0.25, 0.3) is 0 Å². The molecule has 3 unspecified atom stereocenters. The molecule has 0 heterocycles. The summed E-state index contributed by atoms with van der Waals surface area (Å²) in [7, 11) is 0. The number of carbonyl (C=O) groups excluding carboxylic acids is 1. The number of carbonyl (C=O) groups is 1. The summed E-state index contributed by atoms with van der Waals surface area (Å²) in [5, 5.41) is 6.54. The Kier molecular flexibility index (Phi) is 5.64. The molecule has 0 saturated heterocycles. The molecule has 2 N–H and O–H groups in total. The Morgan fingerprint density at radius 3 is 2.44 bits per heavy atom. The number of hydrogen-bond acceptors (Lipinski definition) is 2. The van der Waals surface area contributed by atoms with Crippen molar-refractivity contribution in [2.45, 2.75) is 71.9 Å². The van der Waals surface area contributed by atoms with E-state index in [9.17, 15) is 4.79 Å². The number of amides is 1. The quantitative estimate of drug-likeness (QED) is 0.810. The molecule has 0 radical (unpaired) electrons. The zero-order chi connectivity index (χ0) is 13.8. The van der Waals surface area contributed by atoms with Crippen LogP contribution in [0.4, 0.5) is 0 Å². The van der Waals surface area contributed by atoms with Gasteiger partial charge < -0.3 is 10.6 Å². The van der Waals surface area contributed by atoms with E-state index in [1.807, 2.05) is 0 Å². The van der Waals surface area contributed by atoms with E-state index < -0.39 is 0 Å². The van der Waals surface area contributed by atoms with Gasteiger partial charge in [0, 0.05) is 24.5 Å². The summed E-state index contributed by atoms with van der Waals surface area (Å²) in [4.78, 5) is 11.9. The molecule has 0 aromatic rings. The molecule has 1 amide bonds. The third-order valence-electron chi connectivity index (χ3n) is 3.79. The molecule has 0 aliphatic heterocycles. The fourth-order valence-corrected chi connectivity index (χ4v) is 2.71. The maximum absolute atomic E-state index is 11.9. The highest BCUT2D eigenvalue weighted by Gasteiger charge is 2.26. The van der Waals surface area contributed by atoms with Crippen molar-refractivity contribution in [3.63, 3.8) is 0 Å². The molecule has 1 rings (SSSR count). The van der Waals surface area contributed by atoms with Gasteiger partial charge in [0.25, 0.3) is 0 Å². The van der Waals surface area contributed by atoms with E-state index in [1.54, 1.807) is 0 Å². The van der Waals surface area contributed by atoms with Gasteiger partial charge in [-0.05, 0) is 51.9 Å². The fraction of sp³-hybridized carbons (Fsp3) is 0.933. The van der Waals surface area contributed by atoms with Crippen LogP contribution in [0.3, 0.4) is 0 Å². The number of hydrogen-bond donors (Lipinski definition) is 2. The lowest BCUT2D eigenvalue weighted by Gasteiger charge is -2.33. The van der Waals surface area contributed by atoms with Crippen molar-refractivity contribution in [3.8, 4) is 0 Å². The molecule has 1 aliphatic carbocycles. The van der Waals surface area contributed by atoms with E-state index in [-0.39, 0.29) is 11.4 Å². The lowest BCUT2D eigenvalue weighted by Crippen LogP contribution is -2.44. The van der Waals surface area contributed by atoms with Gasteiger partial charge in [-0.2, -0.15) is 0 Å². The number of nitrogens with one attached hydrogen (secondary N) is 2. The summed E-state index contributed by atoms with van der Waals surface area (Å²) in [6.45, 7) is 11.7. The van der Waals surface area contributed by atoms with Gasteiger partial charge in [-0.15, -0.1) is 0 Å². The fourth-order valence-electron chi connectivity index (χ4n) is 2.71. The second-order valence-electron chi connectivity index (χ2n) is 7.00. The zero-order valence-electron chi connectivity index (χ0n) is 12.7. The van der Waals surface area contributed by atoms with Crippen LogP contribution in [0.1, 0.15) is 60.3 Å². The summed E-state index contributed by atoms with van der Waals surface area (Å²) in [6.07, 6.45) is 4.21. The van der Waals surface area contributed by atoms with Gasteiger partial charge in [0.15, 0.2) is 0 Å². The van der Waals surface area contributed by atoms with Crippen molar-refractivity contribution < 1.29 is 4.79 Å². The Balaban J connectivity index is 2.24. The molecule has 3 atom stereocenters. The first kappa shape index (κ1) is 15.5. The van der Waals surface area contributed by atoms with Gasteiger partial charge in [-0.1, -0.05) is 13.8 Å². The molecular formula is C15H30N2O. The molecule has 0 aromatic carbocycles. The summed E-state index contributed by atoms with van der Waals surface area (Å²) in [5.41, 5.74) is 0.0911. The Hall–Kier alpha value is -0.570.